The van der Waals surface area contributed by atoms with Crippen molar-refractivity contribution < 1.29 is 48.8 Å². The van der Waals surface area contributed by atoms with E-state index in [0.717, 1.165) is 5.39 Å². The van der Waals surface area contributed by atoms with Crippen molar-refractivity contribution in [2.45, 2.75) is 43.5 Å². The van der Waals surface area contributed by atoms with E-state index in [0.29, 0.717) is 11.1 Å². The summed E-state index contributed by atoms with van der Waals surface area (Å²) in [5, 5.41) is 55.7. The molecule has 30 heavy (non-hydrogen) atoms. The molecular weight excluding hydrogens is 425 g/mol. The van der Waals surface area contributed by atoms with Gasteiger partial charge in [-0.2, -0.15) is 5.26 Å². The maximum absolute atomic E-state index is 11.3. The van der Waals surface area contributed by atoms with Gasteiger partial charge in [-0.05, 0) is 18.6 Å². The number of hydrogen-bond acceptors (Lipinski definition) is 10. The van der Waals surface area contributed by atoms with E-state index in [1.54, 1.807) is 19.1 Å². The SMILES string of the molecule is Cc1c(C#N)c(=O)oc2ccccc12.O=P(O)(O)OC1[C@@H](O)[C@H](O)C(O)[C@H](O)[C@@H]1O. The molecule has 0 spiro atoms. The van der Waals surface area contributed by atoms with Crippen LogP contribution in [0.4, 0.5) is 0 Å². The molecule has 0 aliphatic heterocycles. The second kappa shape index (κ2) is 9.32. The number of nitrogens with zero attached hydrogens (tertiary/aromatic N) is 1. The number of phosphoric acid groups is 1. The quantitative estimate of drug-likeness (QED) is 0.202. The zero-order valence-corrected chi connectivity index (χ0v) is 16.3. The Morgan fingerprint density at radius 2 is 1.50 bits per heavy atom. The Hall–Kier alpha value is -2.17. The van der Waals surface area contributed by atoms with Gasteiger partial charge in [0.2, 0.25) is 0 Å². The lowest BCUT2D eigenvalue weighted by Crippen LogP contribution is -2.64. The van der Waals surface area contributed by atoms with Crippen LogP contribution in [0.5, 0.6) is 0 Å². The average Bonchev–Trinajstić information content (AvgIpc) is 2.68. The topological polar surface area (TPSA) is 222 Å². The van der Waals surface area contributed by atoms with Gasteiger partial charge in [-0.15, -0.1) is 0 Å². The van der Waals surface area contributed by atoms with Crippen molar-refractivity contribution in [3.05, 3.63) is 45.8 Å². The largest absolute Gasteiger partial charge is 0.470 e. The molecule has 0 bridgehead atoms. The smallest absolute Gasteiger partial charge is 0.422 e. The van der Waals surface area contributed by atoms with Gasteiger partial charge in [0.25, 0.3) is 0 Å². The summed E-state index contributed by atoms with van der Waals surface area (Å²) in [6.07, 6.45) is -11.3. The van der Waals surface area contributed by atoms with E-state index in [-0.39, 0.29) is 5.56 Å². The molecule has 0 radical (unpaired) electrons. The van der Waals surface area contributed by atoms with Crippen LogP contribution < -0.4 is 5.63 Å². The highest BCUT2D eigenvalue weighted by Crippen LogP contribution is 2.41. The third kappa shape index (κ3) is 5.11. The first kappa shape index (κ1) is 24.1. The maximum atomic E-state index is 11.3. The molecule has 1 aliphatic rings. The number of aryl methyl sites for hydroxylation is 1. The molecule has 2 unspecified atom stereocenters. The van der Waals surface area contributed by atoms with E-state index in [1.807, 2.05) is 18.2 Å². The molecule has 1 saturated carbocycles. The molecule has 1 aromatic heterocycles. The molecule has 1 aliphatic carbocycles. The van der Waals surface area contributed by atoms with E-state index < -0.39 is 50.1 Å². The highest BCUT2D eigenvalue weighted by atomic mass is 31.2. The summed E-state index contributed by atoms with van der Waals surface area (Å²) in [4.78, 5) is 28.3. The molecule has 7 N–H and O–H groups in total. The van der Waals surface area contributed by atoms with Crippen molar-refractivity contribution in [1.29, 1.82) is 5.26 Å². The van der Waals surface area contributed by atoms with Crippen molar-refractivity contribution in [1.82, 2.24) is 0 Å². The van der Waals surface area contributed by atoms with Crippen LogP contribution in [0.1, 0.15) is 11.1 Å². The first-order valence-corrected chi connectivity index (χ1v) is 9.99. The number of aliphatic hydroxyl groups is 5. The zero-order valence-electron chi connectivity index (χ0n) is 15.4. The fraction of sp³-hybridized carbons (Fsp3) is 0.412. The number of fused-ring (bicyclic) bond motifs is 1. The van der Waals surface area contributed by atoms with Gasteiger partial charge >= 0.3 is 13.4 Å². The number of benzene rings is 1. The van der Waals surface area contributed by atoms with Gasteiger partial charge in [0.05, 0.1) is 0 Å². The summed E-state index contributed by atoms with van der Waals surface area (Å²) in [6.45, 7) is 1.75. The molecule has 6 atom stereocenters. The first-order valence-electron chi connectivity index (χ1n) is 8.46. The Labute approximate surface area is 169 Å². The molecule has 164 valence electrons. The summed E-state index contributed by atoms with van der Waals surface area (Å²) in [5.41, 5.74) is 0.723. The van der Waals surface area contributed by atoms with Crippen LogP contribution in [0.3, 0.4) is 0 Å². The summed E-state index contributed by atoms with van der Waals surface area (Å²) < 4.78 is 19.5. The van der Waals surface area contributed by atoms with Crippen molar-refractivity contribution in [3.8, 4) is 6.07 Å². The van der Waals surface area contributed by atoms with Gasteiger partial charge < -0.3 is 39.7 Å². The highest BCUT2D eigenvalue weighted by molar-refractivity contribution is 7.46. The fourth-order valence-corrected chi connectivity index (χ4v) is 3.48. The Morgan fingerprint density at radius 1 is 1.00 bits per heavy atom. The molecule has 0 amide bonds. The van der Waals surface area contributed by atoms with Crippen LogP contribution in [0.15, 0.2) is 33.5 Å². The predicted octanol–water partition coefficient (Wildman–Crippen LogP) is -1.74. The van der Waals surface area contributed by atoms with Gasteiger partial charge in [-0.3, -0.25) is 4.52 Å². The standard InChI is InChI=1S/C11H7NO2.C6H13O9P/c1-7-8-4-2-3-5-10(8)14-11(13)9(7)6-12;7-1-2(8)4(10)6(5(11)3(1)9)15-16(12,13)14/h2-5H,1H3;1-11H,(H2,12,13,14)/t;1?,2-,3+,4-,5-,6?/m.0/s1. The minimum absolute atomic E-state index is 0.0868. The Balaban J connectivity index is 0.000000215. The normalized spacial score (nSPS) is 29.0. The highest BCUT2D eigenvalue weighted by Gasteiger charge is 2.50. The van der Waals surface area contributed by atoms with E-state index in [2.05, 4.69) is 4.52 Å². The molecule has 3 rings (SSSR count). The molecule has 1 heterocycles. The molecule has 0 saturated heterocycles. The fourth-order valence-electron chi connectivity index (χ4n) is 2.91. The second-order valence-electron chi connectivity index (χ2n) is 6.51. The van der Waals surface area contributed by atoms with Crippen LogP contribution in [0.2, 0.25) is 0 Å². The summed E-state index contributed by atoms with van der Waals surface area (Å²) in [6, 6.07) is 9.02. The number of para-hydroxylation sites is 1. The number of nitriles is 1. The minimum Gasteiger partial charge on any atom is -0.422 e. The molecule has 13 heteroatoms. The molecule has 1 aromatic carbocycles. The van der Waals surface area contributed by atoms with Crippen molar-refractivity contribution in [2.24, 2.45) is 0 Å². The van der Waals surface area contributed by atoms with E-state index in [4.69, 9.17) is 24.6 Å². The number of rotatable bonds is 2. The van der Waals surface area contributed by atoms with Crippen LogP contribution >= 0.6 is 7.82 Å². The Kier molecular flexibility index (Phi) is 7.49. The van der Waals surface area contributed by atoms with Crippen molar-refractivity contribution >= 4 is 18.8 Å². The second-order valence-corrected chi connectivity index (χ2v) is 7.70. The van der Waals surface area contributed by atoms with Crippen molar-refractivity contribution in [3.63, 3.8) is 0 Å². The van der Waals surface area contributed by atoms with Crippen LogP contribution in [0.25, 0.3) is 11.0 Å². The van der Waals surface area contributed by atoms with E-state index in [1.165, 1.54) is 0 Å². The van der Waals surface area contributed by atoms with Gasteiger partial charge in [0.1, 0.15) is 53.8 Å². The van der Waals surface area contributed by atoms with Crippen LogP contribution in [-0.4, -0.2) is 71.9 Å². The monoisotopic (exact) mass is 445 g/mol. The predicted molar refractivity (Wildman–Crippen MR) is 98.9 cm³/mol. The van der Waals surface area contributed by atoms with Crippen LogP contribution in [0, 0.1) is 18.3 Å². The van der Waals surface area contributed by atoms with Gasteiger partial charge in [0, 0.05) is 5.39 Å². The maximum Gasteiger partial charge on any atom is 0.470 e. The molecule has 1 fully saturated rings. The zero-order chi connectivity index (χ0) is 22.8. The van der Waals surface area contributed by atoms with Gasteiger partial charge in [-0.1, -0.05) is 18.2 Å². The third-order valence-electron chi connectivity index (χ3n) is 4.52. The molecule has 2 aromatic rings. The van der Waals surface area contributed by atoms with Crippen LogP contribution in [-0.2, 0) is 9.09 Å². The number of hydrogen-bond donors (Lipinski definition) is 7. The Bertz CT molecular complexity index is 1030. The molecule has 12 nitrogen and oxygen atoms in total. The third-order valence-corrected chi connectivity index (χ3v) is 5.03. The van der Waals surface area contributed by atoms with Gasteiger partial charge in [0.15, 0.2) is 0 Å². The van der Waals surface area contributed by atoms with E-state index >= 15 is 0 Å². The lowest BCUT2D eigenvalue weighted by Gasteiger charge is -2.41. The summed E-state index contributed by atoms with van der Waals surface area (Å²) in [7, 11) is -5.01. The van der Waals surface area contributed by atoms with Gasteiger partial charge in [-0.25, -0.2) is 9.36 Å². The first-order chi connectivity index (χ1) is 13.9. The minimum atomic E-state index is -5.01. The van der Waals surface area contributed by atoms with E-state index in [9.17, 15) is 29.8 Å². The summed E-state index contributed by atoms with van der Waals surface area (Å²) >= 11 is 0. The number of aliphatic hydroxyl groups excluding tert-OH is 5. The Morgan fingerprint density at radius 3 is 2.00 bits per heavy atom. The molecular formula is C17H20NO11P. The lowest BCUT2D eigenvalue weighted by atomic mass is 9.85. The van der Waals surface area contributed by atoms with Crippen molar-refractivity contribution in [2.75, 3.05) is 0 Å². The lowest BCUT2D eigenvalue weighted by molar-refractivity contribution is -0.219. The number of phosphoric ester groups is 1. The average molecular weight is 445 g/mol. The summed E-state index contributed by atoms with van der Waals surface area (Å²) in [5.74, 6) is 0.